The number of carbonyl (C=O) groups excluding carboxylic acids is 2. The van der Waals surface area contributed by atoms with Crippen LogP contribution in [0.2, 0.25) is 0 Å². The molecular formula is C18H20N2O3S2. The van der Waals surface area contributed by atoms with Gasteiger partial charge >= 0.3 is 5.97 Å². The zero-order valence-corrected chi connectivity index (χ0v) is 16.1. The van der Waals surface area contributed by atoms with Crippen LogP contribution in [0.5, 0.6) is 0 Å². The first-order chi connectivity index (χ1) is 11.9. The van der Waals surface area contributed by atoms with Crippen molar-refractivity contribution < 1.29 is 14.3 Å². The minimum Gasteiger partial charge on any atom is -0.469 e. The lowest BCUT2D eigenvalue weighted by Gasteiger charge is -2.54. The summed E-state index contributed by atoms with van der Waals surface area (Å²) in [6.45, 7) is 5.33. The summed E-state index contributed by atoms with van der Waals surface area (Å²) in [5, 5.41) is 4.68. The smallest absolute Gasteiger partial charge is 0.314 e. The van der Waals surface area contributed by atoms with Crippen molar-refractivity contribution in [2.24, 2.45) is 16.7 Å². The monoisotopic (exact) mass is 376 g/mol. The first kappa shape index (κ1) is 16.7. The summed E-state index contributed by atoms with van der Waals surface area (Å²) in [4.78, 5) is 32.7. The largest absolute Gasteiger partial charge is 0.469 e. The number of hydrogen-bond acceptors (Lipinski definition) is 6. The van der Waals surface area contributed by atoms with Crippen LogP contribution in [0.4, 0.5) is 0 Å². The molecule has 2 aliphatic rings. The Morgan fingerprint density at radius 3 is 2.80 bits per heavy atom. The van der Waals surface area contributed by atoms with Gasteiger partial charge in [0.15, 0.2) is 0 Å². The zero-order valence-electron chi connectivity index (χ0n) is 14.4. The molecule has 1 saturated carbocycles. The molecule has 2 aromatic rings. The molecule has 5 nitrogen and oxygen atoms in total. The Labute approximate surface area is 154 Å². The van der Waals surface area contributed by atoms with E-state index < -0.39 is 5.41 Å². The molecule has 0 aromatic carbocycles. The molecule has 4 rings (SSSR count). The molecule has 1 amide bonds. The second-order valence-electron chi connectivity index (χ2n) is 7.57. The summed E-state index contributed by atoms with van der Waals surface area (Å²) in [6, 6.07) is 3.98. The van der Waals surface area contributed by atoms with E-state index in [9.17, 15) is 9.59 Å². The molecule has 0 N–H and O–H groups in total. The topological polar surface area (TPSA) is 59.5 Å². The Bertz CT molecular complexity index is 827. The highest BCUT2D eigenvalue weighted by Gasteiger charge is 2.68. The predicted molar refractivity (Wildman–Crippen MR) is 97.7 cm³/mol. The normalized spacial score (nSPS) is 26.8. The van der Waals surface area contributed by atoms with Crippen molar-refractivity contribution >= 4 is 34.6 Å². The van der Waals surface area contributed by atoms with Crippen LogP contribution >= 0.6 is 22.7 Å². The fourth-order valence-electron chi connectivity index (χ4n) is 4.57. The molecule has 7 heteroatoms. The number of amides is 1. The zero-order chi connectivity index (χ0) is 17.8. The standard InChI is InChI=1S/C18H20N2O3S2/c1-17(2)9-18(16(22)23-3)10-20(7-13(17)18)15(21)11-8-25-14(19-11)12-5-4-6-24-12/h4-6,8,13H,7,9-10H2,1-3H3/t13-,18+/m1/s1. The number of nitrogens with zero attached hydrogens (tertiary/aromatic N) is 2. The van der Waals surface area contributed by atoms with Crippen LogP contribution in [0.15, 0.2) is 22.9 Å². The molecule has 2 aromatic heterocycles. The first-order valence-corrected chi connectivity index (χ1v) is 10.0. The Morgan fingerprint density at radius 1 is 1.36 bits per heavy atom. The van der Waals surface area contributed by atoms with E-state index in [4.69, 9.17) is 4.74 Å². The molecule has 1 saturated heterocycles. The molecule has 3 heterocycles. The number of likely N-dealkylation sites (tertiary alicyclic amines) is 1. The second-order valence-corrected chi connectivity index (χ2v) is 9.37. The number of fused-ring (bicyclic) bond motifs is 1. The van der Waals surface area contributed by atoms with Crippen LogP contribution in [0, 0.1) is 16.7 Å². The van der Waals surface area contributed by atoms with Gasteiger partial charge in [-0.05, 0) is 29.2 Å². The molecule has 1 aliphatic heterocycles. The van der Waals surface area contributed by atoms with E-state index in [2.05, 4.69) is 18.8 Å². The van der Waals surface area contributed by atoms with Gasteiger partial charge in [0.2, 0.25) is 0 Å². The molecule has 0 radical (unpaired) electrons. The average molecular weight is 377 g/mol. The summed E-state index contributed by atoms with van der Waals surface area (Å²) in [7, 11) is 1.43. The van der Waals surface area contributed by atoms with Crippen molar-refractivity contribution in [3.8, 4) is 9.88 Å². The third-order valence-corrected chi connectivity index (χ3v) is 7.47. The van der Waals surface area contributed by atoms with E-state index in [0.717, 1.165) is 16.3 Å². The summed E-state index contributed by atoms with van der Waals surface area (Å²) >= 11 is 3.09. The van der Waals surface area contributed by atoms with Crippen molar-refractivity contribution in [1.29, 1.82) is 0 Å². The lowest BCUT2D eigenvalue weighted by Crippen LogP contribution is -2.57. The lowest BCUT2D eigenvalue weighted by atomic mass is 9.48. The van der Waals surface area contributed by atoms with Gasteiger partial charge in [-0.15, -0.1) is 22.7 Å². The maximum absolute atomic E-state index is 12.9. The number of esters is 1. The summed E-state index contributed by atoms with van der Waals surface area (Å²) in [5.41, 5.74) is -0.0268. The number of rotatable bonds is 3. The third kappa shape index (κ3) is 2.44. The van der Waals surface area contributed by atoms with Gasteiger partial charge in [-0.2, -0.15) is 0 Å². The molecule has 0 unspecified atom stereocenters. The number of aromatic nitrogens is 1. The first-order valence-electron chi connectivity index (χ1n) is 8.24. The number of carbonyl (C=O) groups is 2. The van der Waals surface area contributed by atoms with Crippen LogP contribution in [0.3, 0.4) is 0 Å². The summed E-state index contributed by atoms with van der Waals surface area (Å²) in [6.07, 6.45) is 0.763. The average Bonchev–Trinajstić information content (AvgIpc) is 3.30. The summed E-state index contributed by atoms with van der Waals surface area (Å²) in [5.74, 6) is -0.135. The minimum atomic E-state index is -0.541. The van der Waals surface area contributed by atoms with Crippen LogP contribution in [-0.4, -0.2) is 42.0 Å². The number of hydrogen-bond donors (Lipinski definition) is 0. The lowest BCUT2D eigenvalue weighted by molar-refractivity contribution is -0.174. The molecule has 1 aliphatic carbocycles. The fraction of sp³-hybridized carbons (Fsp3) is 0.500. The number of ether oxygens (including phenoxy) is 1. The van der Waals surface area contributed by atoms with Gasteiger partial charge in [0, 0.05) is 18.5 Å². The highest BCUT2D eigenvalue weighted by Crippen LogP contribution is 2.63. The van der Waals surface area contributed by atoms with Crippen molar-refractivity contribution in [2.75, 3.05) is 20.2 Å². The van der Waals surface area contributed by atoms with E-state index in [1.165, 1.54) is 18.4 Å². The van der Waals surface area contributed by atoms with Gasteiger partial charge in [0.1, 0.15) is 10.7 Å². The Balaban J connectivity index is 1.57. The molecule has 132 valence electrons. The van der Waals surface area contributed by atoms with E-state index in [0.29, 0.717) is 18.8 Å². The van der Waals surface area contributed by atoms with Crippen molar-refractivity contribution in [2.45, 2.75) is 20.3 Å². The van der Waals surface area contributed by atoms with Crippen LogP contribution < -0.4 is 0 Å². The second kappa shape index (κ2) is 5.64. The molecule has 2 fully saturated rings. The van der Waals surface area contributed by atoms with Gasteiger partial charge in [-0.1, -0.05) is 19.9 Å². The highest BCUT2D eigenvalue weighted by molar-refractivity contribution is 7.20. The number of methoxy groups -OCH3 is 1. The third-order valence-electron chi connectivity index (χ3n) is 5.59. The van der Waals surface area contributed by atoms with Gasteiger partial charge < -0.3 is 9.64 Å². The molecule has 25 heavy (non-hydrogen) atoms. The van der Waals surface area contributed by atoms with Gasteiger partial charge in [0.05, 0.1) is 17.4 Å². The van der Waals surface area contributed by atoms with E-state index in [1.807, 2.05) is 22.9 Å². The van der Waals surface area contributed by atoms with Crippen molar-refractivity contribution in [3.05, 3.63) is 28.6 Å². The van der Waals surface area contributed by atoms with Gasteiger partial charge in [0.25, 0.3) is 5.91 Å². The maximum Gasteiger partial charge on any atom is 0.314 e. The van der Waals surface area contributed by atoms with E-state index >= 15 is 0 Å². The number of thiazole rings is 1. The highest BCUT2D eigenvalue weighted by atomic mass is 32.1. The fourth-order valence-corrected chi connectivity index (χ4v) is 6.18. The molecular weight excluding hydrogens is 356 g/mol. The van der Waals surface area contributed by atoms with E-state index in [-0.39, 0.29) is 23.2 Å². The number of thiophene rings is 1. The van der Waals surface area contributed by atoms with E-state index in [1.54, 1.807) is 16.2 Å². The van der Waals surface area contributed by atoms with Crippen molar-refractivity contribution in [3.63, 3.8) is 0 Å². The SMILES string of the molecule is COC(=O)[C@@]12CN(C(=O)c3csc(-c4cccs4)n3)C[C@@H]1C(C)(C)C2. The van der Waals surface area contributed by atoms with Crippen LogP contribution in [0.25, 0.3) is 9.88 Å². The van der Waals surface area contributed by atoms with Crippen LogP contribution in [-0.2, 0) is 9.53 Å². The predicted octanol–water partition coefficient (Wildman–Crippen LogP) is 3.53. The maximum atomic E-state index is 12.9. The van der Waals surface area contributed by atoms with Gasteiger partial charge in [-0.3, -0.25) is 9.59 Å². The Hall–Kier alpha value is -1.73. The molecule has 0 spiro atoms. The quantitative estimate of drug-likeness (QED) is 0.769. The Kier molecular flexibility index (Phi) is 3.77. The van der Waals surface area contributed by atoms with Gasteiger partial charge in [-0.25, -0.2) is 4.98 Å². The van der Waals surface area contributed by atoms with Crippen molar-refractivity contribution in [1.82, 2.24) is 9.88 Å². The minimum absolute atomic E-state index is 0.0490. The molecule has 2 atom stereocenters. The van der Waals surface area contributed by atoms with Crippen LogP contribution in [0.1, 0.15) is 30.8 Å². The summed E-state index contributed by atoms with van der Waals surface area (Å²) < 4.78 is 5.05. The Morgan fingerprint density at radius 2 is 2.16 bits per heavy atom. The molecule has 0 bridgehead atoms.